The average molecular weight is 264 g/mol. The normalized spacial score (nSPS) is 9.93. The monoisotopic (exact) mass is 263 g/mol. The van der Waals surface area contributed by atoms with E-state index >= 15 is 0 Å². The molecule has 14 heavy (non-hydrogen) atoms. The maximum atomic E-state index is 13.1. The molecule has 4 nitrogen and oxygen atoms in total. The van der Waals surface area contributed by atoms with Gasteiger partial charge in [0, 0.05) is 10.9 Å². The Morgan fingerprint density at radius 2 is 2.29 bits per heavy atom. The Morgan fingerprint density at radius 1 is 1.64 bits per heavy atom. The highest BCUT2D eigenvalue weighted by molar-refractivity contribution is 9.08. The van der Waals surface area contributed by atoms with E-state index in [9.17, 15) is 14.5 Å². The molecular formula is C8H7BrFNO3. The fourth-order valence-corrected chi connectivity index (χ4v) is 1.42. The lowest BCUT2D eigenvalue weighted by atomic mass is 10.2. The van der Waals surface area contributed by atoms with E-state index < -0.39 is 10.7 Å². The van der Waals surface area contributed by atoms with Crippen molar-refractivity contribution in [3.8, 4) is 5.75 Å². The van der Waals surface area contributed by atoms with Crippen LogP contribution in [0.1, 0.15) is 5.56 Å². The second-order valence-electron chi connectivity index (χ2n) is 2.51. The SMILES string of the molecule is COc1cc(CBr)c(F)cc1[N+](=O)[O-]. The zero-order valence-corrected chi connectivity index (χ0v) is 8.88. The highest BCUT2D eigenvalue weighted by Crippen LogP contribution is 2.30. The third-order valence-electron chi connectivity index (χ3n) is 1.69. The molecule has 76 valence electrons. The van der Waals surface area contributed by atoms with Crippen molar-refractivity contribution in [3.05, 3.63) is 33.6 Å². The smallest absolute Gasteiger partial charge is 0.313 e. The molecule has 0 fully saturated rings. The van der Waals surface area contributed by atoms with Gasteiger partial charge in [-0.25, -0.2) is 4.39 Å². The third kappa shape index (κ3) is 2.01. The molecule has 0 aliphatic carbocycles. The van der Waals surface area contributed by atoms with Crippen LogP contribution >= 0.6 is 15.9 Å². The van der Waals surface area contributed by atoms with Crippen LogP contribution in [0.3, 0.4) is 0 Å². The molecule has 0 N–H and O–H groups in total. The summed E-state index contributed by atoms with van der Waals surface area (Å²) < 4.78 is 17.9. The van der Waals surface area contributed by atoms with E-state index in [4.69, 9.17) is 4.74 Å². The molecule has 1 aromatic rings. The summed E-state index contributed by atoms with van der Waals surface area (Å²) in [5, 5.41) is 10.8. The molecular weight excluding hydrogens is 257 g/mol. The predicted molar refractivity (Wildman–Crippen MR) is 52.2 cm³/mol. The third-order valence-corrected chi connectivity index (χ3v) is 2.29. The zero-order valence-electron chi connectivity index (χ0n) is 7.29. The molecule has 6 heteroatoms. The first kappa shape index (κ1) is 10.9. The van der Waals surface area contributed by atoms with Gasteiger partial charge >= 0.3 is 5.69 Å². The lowest BCUT2D eigenvalue weighted by Gasteiger charge is -2.04. The van der Waals surface area contributed by atoms with E-state index in [0.717, 1.165) is 6.07 Å². The Labute approximate surface area is 88.0 Å². The standard InChI is InChI=1S/C8H7BrFNO3/c1-14-8-2-5(4-9)6(10)3-7(8)11(12)13/h2-3H,4H2,1H3. The van der Waals surface area contributed by atoms with E-state index in [1.807, 2.05) is 0 Å². The van der Waals surface area contributed by atoms with Crippen molar-refractivity contribution >= 4 is 21.6 Å². The van der Waals surface area contributed by atoms with Gasteiger partial charge in [0.2, 0.25) is 0 Å². The highest BCUT2D eigenvalue weighted by Gasteiger charge is 2.18. The Hall–Kier alpha value is -1.17. The van der Waals surface area contributed by atoms with Crippen LogP contribution in [-0.2, 0) is 5.33 Å². The van der Waals surface area contributed by atoms with Gasteiger partial charge in [-0.05, 0) is 6.07 Å². The van der Waals surface area contributed by atoms with Crippen molar-refractivity contribution in [1.82, 2.24) is 0 Å². The molecule has 0 aliphatic rings. The molecule has 0 radical (unpaired) electrons. The fraction of sp³-hybridized carbons (Fsp3) is 0.250. The molecule has 0 spiro atoms. The number of methoxy groups -OCH3 is 1. The van der Waals surface area contributed by atoms with E-state index in [2.05, 4.69) is 15.9 Å². The zero-order chi connectivity index (χ0) is 10.7. The van der Waals surface area contributed by atoms with Crippen LogP contribution < -0.4 is 4.74 Å². The lowest BCUT2D eigenvalue weighted by molar-refractivity contribution is -0.386. The number of rotatable bonds is 3. The molecule has 0 unspecified atom stereocenters. The summed E-state index contributed by atoms with van der Waals surface area (Å²) in [6.45, 7) is 0. The van der Waals surface area contributed by atoms with Gasteiger partial charge in [0.15, 0.2) is 5.75 Å². The first-order chi connectivity index (χ1) is 6.60. The molecule has 0 bridgehead atoms. The summed E-state index contributed by atoms with van der Waals surface area (Å²) in [7, 11) is 1.30. The number of halogens is 2. The number of benzene rings is 1. The van der Waals surface area contributed by atoms with Gasteiger partial charge in [-0.2, -0.15) is 0 Å². The second-order valence-corrected chi connectivity index (χ2v) is 3.07. The average Bonchev–Trinajstić information content (AvgIpc) is 2.17. The van der Waals surface area contributed by atoms with Crippen molar-refractivity contribution in [2.24, 2.45) is 0 Å². The van der Waals surface area contributed by atoms with E-state index in [-0.39, 0.29) is 16.8 Å². The number of ether oxygens (including phenoxy) is 1. The maximum Gasteiger partial charge on any atom is 0.313 e. The van der Waals surface area contributed by atoms with Crippen molar-refractivity contribution in [1.29, 1.82) is 0 Å². The lowest BCUT2D eigenvalue weighted by Crippen LogP contribution is -1.97. The van der Waals surface area contributed by atoms with Gasteiger partial charge < -0.3 is 4.74 Å². The Bertz CT molecular complexity index is 370. The van der Waals surface area contributed by atoms with Crippen LogP contribution in [0.5, 0.6) is 5.75 Å². The van der Waals surface area contributed by atoms with Crippen molar-refractivity contribution in [3.63, 3.8) is 0 Å². The first-order valence-electron chi connectivity index (χ1n) is 3.67. The summed E-state index contributed by atoms with van der Waals surface area (Å²) in [5.74, 6) is -0.555. The Kier molecular flexibility index (Phi) is 3.40. The quantitative estimate of drug-likeness (QED) is 0.479. The number of hydrogen-bond donors (Lipinski definition) is 0. The van der Waals surface area contributed by atoms with Crippen LogP contribution in [-0.4, -0.2) is 12.0 Å². The van der Waals surface area contributed by atoms with Gasteiger partial charge in [-0.3, -0.25) is 10.1 Å². The predicted octanol–water partition coefficient (Wildman–Crippen LogP) is 2.64. The summed E-state index contributed by atoms with van der Waals surface area (Å²) in [6, 6.07) is 2.16. The second kappa shape index (κ2) is 4.36. The number of alkyl halides is 1. The summed E-state index contributed by atoms with van der Waals surface area (Å²) >= 11 is 3.07. The van der Waals surface area contributed by atoms with E-state index in [0.29, 0.717) is 5.56 Å². The first-order valence-corrected chi connectivity index (χ1v) is 4.79. The molecule has 0 saturated carbocycles. The van der Waals surface area contributed by atoms with Crippen molar-refractivity contribution in [2.75, 3.05) is 7.11 Å². The minimum atomic E-state index is -0.681. The topological polar surface area (TPSA) is 52.4 Å². The van der Waals surface area contributed by atoms with E-state index in [1.54, 1.807) is 0 Å². The van der Waals surface area contributed by atoms with Crippen LogP contribution in [0.4, 0.5) is 10.1 Å². The fourth-order valence-electron chi connectivity index (χ4n) is 0.994. The van der Waals surface area contributed by atoms with Gasteiger partial charge in [0.25, 0.3) is 0 Å². The molecule has 0 aliphatic heterocycles. The number of nitro benzene ring substituents is 1. The van der Waals surface area contributed by atoms with Crippen LogP contribution in [0.15, 0.2) is 12.1 Å². The van der Waals surface area contributed by atoms with Gasteiger partial charge in [0.05, 0.1) is 18.1 Å². The molecule has 0 saturated heterocycles. The molecule has 0 heterocycles. The molecule has 0 amide bonds. The van der Waals surface area contributed by atoms with Crippen LogP contribution in [0.2, 0.25) is 0 Å². The summed E-state index contributed by atoms with van der Waals surface area (Å²) in [6.07, 6.45) is 0. The number of nitro groups is 1. The largest absolute Gasteiger partial charge is 0.490 e. The van der Waals surface area contributed by atoms with Crippen molar-refractivity contribution < 1.29 is 14.1 Å². The summed E-state index contributed by atoms with van der Waals surface area (Å²) in [5.41, 5.74) is -0.0397. The van der Waals surface area contributed by atoms with E-state index in [1.165, 1.54) is 13.2 Å². The van der Waals surface area contributed by atoms with Gasteiger partial charge in [-0.1, -0.05) is 15.9 Å². The minimum absolute atomic E-state index is 0.0610. The Morgan fingerprint density at radius 3 is 2.71 bits per heavy atom. The summed E-state index contributed by atoms with van der Waals surface area (Å²) in [4.78, 5) is 9.80. The number of hydrogen-bond acceptors (Lipinski definition) is 3. The van der Waals surface area contributed by atoms with Crippen LogP contribution in [0, 0.1) is 15.9 Å². The highest BCUT2D eigenvalue weighted by atomic mass is 79.9. The van der Waals surface area contributed by atoms with Gasteiger partial charge in [0.1, 0.15) is 5.82 Å². The minimum Gasteiger partial charge on any atom is -0.490 e. The van der Waals surface area contributed by atoms with Crippen molar-refractivity contribution in [2.45, 2.75) is 5.33 Å². The Balaban J connectivity index is 3.31. The van der Waals surface area contributed by atoms with Crippen LogP contribution in [0.25, 0.3) is 0 Å². The molecule has 1 rings (SSSR count). The number of nitrogens with zero attached hydrogens (tertiary/aromatic N) is 1. The molecule has 0 atom stereocenters. The molecule has 1 aromatic carbocycles. The maximum absolute atomic E-state index is 13.1. The van der Waals surface area contributed by atoms with Gasteiger partial charge in [-0.15, -0.1) is 0 Å². The molecule has 0 aromatic heterocycles.